The molecular formula is C30H27F4N3O2S. The number of carbonyl (C=O) groups is 1. The summed E-state index contributed by atoms with van der Waals surface area (Å²) in [5.74, 6) is -0.0741. The van der Waals surface area contributed by atoms with Gasteiger partial charge in [0, 0.05) is 31.1 Å². The Labute approximate surface area is 233 Å². The van der Waals surface area contributed by atoms with Crippen LogP contribution in [0.2, 0.25) is 0 Å². The van der Waals surface area contributed by atoms with Gasteiger partial charge in [0.25, 0.3) is 5.56 Å². The largest absolute Gasteiger partial charge is 0.416 e. The molecule has 4 rings (SSSR count). The van der Waals surface area contributed by atoms with Gasteiger partial charge in [-0.2, -0.15) is 18.2 Å². The first kappa shape index (κ1) is 29.1. The number of likely N-dealkylation sites (N-methyl/N-ethyl adjacent to an activating group) is 1. The Kier molecular flexibility index (Phi) is 9.09. The molecule has 5 nitrogen and oxygen atoms in total. The first-order chi connectivity index (χ1) is 19.0. The van der Waals surface area contributed by atoms with Crippen LogP contribution in [0.25, 0.3) is 11.1 Å². The third-order valence-electron chi connectivity index (χ3n) is 6.34. The van der Waals surface area contributed by atoms with E-state index in [0.29, 0.717) is 35.0 Å². The molecule has 0 saturated carbocycles. The third kappa shape index (κ3) is 7.38. The summed E-state index contributed by atoms with van der Waals surface area (Å²) in [4.78, 5) is 31.3. The number of hydrogen-bond acceptors (Lipinski definition) is 4. The van der Waals surface area contributed by atoms with Crippen LogP contribution in [-0.4, -0.2) is 27.4 Å². The molecule has 0 saturated heterocycles. The van der Waals surface area contributed by atoms with Crippen molar-refractivity contribution < 1.29 is 22.4 Å². The van der Waals surface area contributed by atoms with Crippen LogP contribution in [0.3, 0.4) is 0 Å². The van der Waals surface area contributed by atoms with Crippen molar-refractivity contribution in [2.75, 3.05) is 7.05 Å². The summed E-state index contributed by atoms with van der Waals surface area (Å²) in [6.45, 7) is 2.14. The molecule has 1 amide bonds. The monoisotopic (exact) mass is 569 g/mol. The lowest BCUT2D eigenvalue weighted by atomic mass is 10.0. The molecule has 0 fully saturated rings. The van der Waals surface area contributed by atoms with Gasteiger partial charge in [0.05, 0.1) is 5.56 Å². The molecule has 4 aromatic rings. The van der Waals surface area contributed by atoms with Gasteiger partial charge in [0.1, 0.15) is 12.4 Å². The molecule has 0 atom stereocenters. The van der Waals surface area contributed by atoms with E-state index in [2.05, 4.69) is 4.98 Å². The van der Waals surface area contributed by atoms with E-state index in [1.165, 1.54) is 36.0 Å². The maximum Gasteiger partial charge on any atom is 0.416 e. The fourth-order valence-corrected chi connectivity index (χ4v) is 4.92. The fourth-order valence-electron chi connectivity index (χ4n) is 4.00. The minimum atomic E-state index is -4.38. The highest BCUT2D eigenvalue weighted by atomic mass is 32.2. The van der Waals surface area contributed by atoms with Crippen LogP contribution in [0.5, 0.6) is 0 Å². The highest BCUT2D eigenvalue weighted by molar-refractivity contribution is 7.98. The number of thioether (sulfide) groups is 1. The molecule has 0 aliphatic heterocycles. The number of hydrogen-bond donors (Lipinski definition) is 0. The van der Waals surface area contributed by atoms with Crippen LogP contribution in [0.1, 0.15) is 29.2 Å². The number of carbonyl (C=O) groups excluding carboxylic acids is 1. The van der Waals surface area contributed by atoms with E-state index in [9.17, 15) is 27.2 Å². The number of benzene rings is 3. The topological polar surface area (TPSA) is 55.2 Å². The zero-order chi connectivity index (χ0) is 28.9. The van der Waals surface area contributed by atoms with Gasteiger partial charge in [0.15, 0.2) is 5.16 Å². The number of halogens is 4. The van der Waals surface area contributed by atoms with E-state index >= 15 is 0 Å². The van der Waals surface area contributed by atoms with E-state index in [1.807, 2.05) is 19.1 Å². The summed E-state index contributed by atoms with van der Waals surface area (Å²) in [5.41, 5.74) is 2.59. The average molecular weight is 570 g/mol. The second-order valence-electron chi connectivity index (χ2n) is 9.27. The lowest BCUT2D eigenvalue weighted by Crippen LogP contribution is -2.31. The summed E-state index contributed by atoms with van der Waals surface area (Å²) < 4.78 is 53.4. The lowest BCUT2D eigenvalue weighted by molar-refractivity contribution is -0.137. The van der Waals surface area contributed by atoms with Crippen LogP contribution in [0.4, 0.5) is 17.6 Å². The first-order valence-corrected chi connectivity index (χ1v) is 13.5. The van der Waals surface area contributed by atoms with Crippen molar-refractivity contribution >= 4 is 17.7 Å². The predicted molar refractivity (Wildman–Crippen MR) is 147 cm³/mol. The van der Waals surface area contributed by atoms with E-state index in [4.69, 9.17) is 0 Å². The first-order valence-electron chi connectivity index (χ1n) is 12.5. The SMILES string of the molecule is CCc1cn(CC(=O)N(C)Cc2ccc(-c3ccc(C(F)(F)F)cc3)cc2)c(SCc2ccc(F)cc2)nc1=O. The zero-order valence-electron chi connectivity index (χ0n) is 21.9. The number of rotatable bonds is 9. The minimum absolute atomic E-state index is 0.0217. The molecule has 0 N–H and O–H groups in total. The van der Waals surface area contributed by atoms with Crippen LogP contribution in [-0.2, 0) is 36.2 Å². The van der Waals surface area contributed by atoms with Gasteiger partial charge in [-0.1, -0.05) is 67.2 Å². The van der Waals surface area contributed by atoms with Crippen molar-refractivity contribution in [3.63, 3.8) is 0 Å². The Bertz CT molecular complexity index is 1520. The van der Waals surface area contributed by atoms with Crippen LogP contribution >= 0.6 is 11.8 Å². The molecule has 0 spiro atoms. The number of aryl methyl sites for hydroxylation is 1. The zero-order valence-corrected chi connectivity index (χ0v) is 22.7. The molecule has 1 heterocycles. The van der Waals surface area contributed by atoms with Gasteiger partial charge in [-0.15, -0.1) is 0 Å². The van der Waals surface area contributed by atoms with Crippen molar-refractivity contribution in [2.45, 2.75) is 43.5 Å². The molecule has 0 aliphatic rings. The smallest absolute Gasteiger partial charge is 0.340 e. The number of aromatic nitrogens is 2. The Morgan fingerprint density at radius 2 is 1.50 bits per heavy atom. The summed E-state index contributed by atoms with van der Waals surface area (Å²) in [6, 6.07) is 18.3. The van der Waals surface area contributed by atoms with Crippen LogP contribution in [0, 0.1) is 5.82 Å². The van der Waals surface area contributed by atoms with Gasteiger partial charge < -0.3 is 9.47 Å². The molecule has 208 valence electrons. The van der Waals surface area contributed by atoms with E-state index in [0.717, 1.165) is 28.8 Å². The molecular weight excluding hydrogens is 542 g/mol. The van der Waals surface area contributed by atoms with Gasteiger partial charge in [-0.3, -0.25) is 9.59 Å². The quantitative estimate of drug-likeness (QED) is 0.130. The Morgan fingerprint density at radius 1 is 0.925 bits per heavy atom. The second kappa shape index (κ2) is 12.5. The van der Waals surface area contributed by atoms with E-state index < -0.39 is 11.7 Å². The highest BCUT2D eigenvalue weighted by Gasteiger charge is 2.30. The Balaban J connectivity index is 1.43. The molecule has 0 aliphatic carbocycles. The Hall–Kier alpha value is -3.92. The molecule has 0 radical (unpaired) electrons. The summed E-state index contributed by atoms with van der Waals surface area (Å²) >= 11 is 1.29. The standard InChI is InChI=1S/C30H27F4N3O2S/c1-3-22-17-37(29(35-28(22)39)40-19-21-6-14-26(31)15-7-21)18-27(38)36(2)16-20-4-8-23(9-5-20)24-10-12-25(13-11-24)30(32,33)34/h4-15,17H,3,16,18-19H2,1-2H3. The third-order valence-corrected chi connectivity index (χ3v) is 7.40. The lowest BCUT2D eigenvalue weighted by Gasteiger charge is -2.20. The predicted octanol–water partition coefficient (Wildman–Crippen LogP) is 6.58. The van der Waals surface area contributed by atoms with Crippen molar-refractivity contribution in [2.24, 2.45) is 0 Å². The number of nitrogens with zero attached hydrogens (tertiary/aromatic N) is 3. The van der Waals surface area contributed by atoms with Gasteiger partial charge in [-0.25, -0.2) is 4.39 Å². The Morgan fingerprint density at radius 3 is 2.08 bits per heavy atom. The molecule has 0 bridgehead atoms. The molecule has 1 aromatic heterocycles. The molecule has 40 heavy (non-hydrogen) atoms. The van der Waals surface area contributed by atoms with Crippen molar-refractivity contribution in [3.8, 4) is 11.1 Å². The van der Waals surface area contributed by atoms with Gasteiger partial charge >= 0.3 is 6.18 Å². The van der Waals surface area contributed by atoms with Crippen LogP contribution < -0.4 is 5.56 Å². The summed E-state index contributed by atoms with van der Waals surface area (Å²) in [6.07, 6.45) is -2.25. The average Bonchev–Trinajstić information content (AvgIpc) is 2.93. The maximum absolute atomic E-state index is 13.2. The molecule has 0 unspecified atom stereocenters. The van der Waals surface area contributed by atoms with E-state index in [-0.39, 0.29) is 23.8 Å². The molecule has 3 aromatic carbocycles. The summed E-state index contributed by atoms with van der Waals surface area (Å²) in [7, 11) is 1.67. The minimum Gasteiger partial charge on any atom is -0.340 e. The van der Waals surface area contributed by atoms with Crippen molar-refractivity contribution in [3.05, 3.63) is 117 Å². The normalized spacial score (nSPS) is 11.4. The van der Waals surface area contributed by atoms with Crippen molar-refractivity contribution in [1.82, 2.24) is 14.5 Å². The molecule has 10 heteroatoms. The van der Waals surface area contributed by atoms with Gasteiger partial charge in [-0.05, 0) is 52.9 Å². The maximum atomic E-state index is 13.2. The second-order valence-corrected chi connectivity index (χ2v) is 10.2. The number of alkyl halides is 3. The van der Waals surface area contributed by atoms with E-state index in [1.54, 1.807) is 47.0 Å². The van der Waals surface area contributed by atoms with Gasteiger partial charge in [0.2, 0.25) is 5.91 Å². The van der Waals surface area contributed by atoms with Crippen LogP contribution in [0.15, 0.2) is 88.9 Å². The fraction of sp³-hybridized carbons (Fsp3) is 0.233. The number of amides is 1. The summed E-state index contributed by atoms with van der Waals surface area (Å²) in [5, 5.41) is 0.397. The highest BCUT2D eigenvalue weighted by Crippen LogP contribution is 2.31. The van der Waals surface area contributed by atoms with Crippen molar-refractivity contribution in [1.29, 1.82) is 0 Å².